The van der Waals surface area contributed by atoms with Gasteiger partial charge in [-0.05, 0) is 56.2 Å². The van der Waals surface area contributed by atoms with Gasteiger partial charge in [0.15, 0.2) is 5.16 Å². The molecule has 1 amide bonds. The highest BCUT2D eigenvalue weighted by Crippen LogP contribution is 2.32. The van der Waals surface area contributed by atoms with E-state index in [1.165, 1.54) is 17.3 Å². The van der Waals surface area contributed by atoms with Crippen molar-refractivity contribution in [2.24, 2.45) is 0 Å². The van der Waals surface area contributed by atoms with Crippen LogP contribution in [0.5, 0.6) is 0 Å². The smallest absolute Gasteiger partial charge is 0.266 e. The Labute approximate surface area is 190 Å². The summed E-state index contributed by atoms with van der Waals surface area (Å²) in [6.45, 7) is 4.57. The van der Waals surface area contributed by atoms with Gasteiger partial charge in [0.25, 0.3) is 5.56 Å². The van der Waals surface area contributed by atoms with Crippen LogP contribution in [0, 0.1) is 6.92 Å². The normalized spacial score (nSPS) is 13.9. The summed E-state index contributed by atoms with van der Waals surface area (Å²) >= 11 is 1.33. The monoisotopic (exact) mass is 441 g/mol. The summed E-state index contributed by atoms with van der Waals surface area (Å²) in [5, 5.41) is 0.682. The molecule has 0 aliphatic carbocycles. The fraction of sp³-hybridized carbons (Fsp3) is 0.192. The number of carbonyl (C=O) groups excluding carboxylic acids is 1. The molecule has 2 heterocycles. The lowest BCUT2D eigenvalue weighted by Crippen LogP contribution is -2.35. The van der Waals surface area contributed by atoms with E-state index in [1.54, 1.807) is 10.6 Å². The third-order valence-corrected chi connectivity index (χ3v) is 6.86. The lowest BCUT2D eigenvalue weighted by atomic mass is 10.2. The number of hydrogen-bond acceptors (Lipinski definition) is 4. The van der Waals surface area contributed by atoms with E-state index >= 15 is 0 Å². The number of carbonyl (C=O) groups is 1. The molecule has 0 saturated carbocycles. The number of aryl methyl sites for hydroxylation is 1. The van der Waals surface area contributed by atoms with Crippen LogP contribution in [-0.2, 0) is 11.2 Å². The van der Waals surface area contributed by atoms with Gasteiger partial charge >= 0.3 is 0 Å². The van der Waals surface area contributed by atoms with Crippen molar-refractivity contribution in [3.8, 4) is 5.69 Å². The average Bonchev–Trinajstić information content (AvgIpc) is 3.24. The second-order valence-electron chi connectivity index (χ2n) is 8.02. The molecule has 0 bridgehead atoms. The van der Waals surface area contributed by atoms with Crippen molar-refractivity contribution < 1.29 is 4.79 Å². The van der Waals surface area contributed by atoms with E-state index in [1.807, 2.05) is 79.4 Å². The number of aromatic nitrogens is 2. The molecule has 0 radical (unpaired) electrons. The Hall–Kier alpha value is -3.38. The van der Waals surface area contributed by atoms with Crippen molar-refractivity contribution in [1.29, 1.82) is 0 Å². The quantitative estimate of drug-likeness (QED) is 0.338. The molecule has 1 aliphatic rings. The highest BCUT2D eigenvalue weighted by molar-refractivity contribution is 8.00. The lowest BCUT2D eigenvalue weighted by molar-refractivity contribution is -0.117. The summed E-state index contributed by atoms with van der Waals surface area (Å²) in [6.07, 6.45) is 0.863. The van der Waals surface area contributed by atoms with E-state index in [2.05, 4.69) is 6.07 Å². The van der Waals surface area contributed by atoms with E-state index in [0.29, 0.717) is 22.6 Å². The second-order valence-corrected chi connectivity index (χ2v) is 9.32. The first kappa shape index (κ1) is 20.5. The van der Waals surface area contributed by atoms with Gasteiger partial charge in [-0.15, -0.1) is 0 Å². The molecule has 0 N–H and O–H groups in total. The largest absolute Gasteiger partial charge is 0.311 e. The highest BCUT2D eigenvalue weighted by Gasteiger charge is 2.29. The molecule has 160 valence electrons. The number of hydrogen-bond donors (Lipinski definition) is 0. The second kappa shape index (κ2) is 8.28. The Kier molecular flexibility index (Phi) is 5.31. The molecule has 1 atom stereocenters. The number of fused-ring (bicyclic) bond motifs is 2. The first-order chi connectivity index (χ1) is 15.5. The minimum absolute atomic E-state index is 0.0258. The zero-order chi connectivity index (χ0) is 22.2. The maximum absolute atomic E-state index is 13.4. The van der Waals surface area contributed by atoms with Crippen molar-refractivity contribution in [2.45, 2.75) is 30.7 Å². The molecule has 3 aromatic carbocycles. The van der Waals surface area contributed by atoms with Crippen molar-refractivity contribution in [2.75, 3.05) is 11.4 Å². The van der Waals surface area contributed by atoms with Gasteiger partial charge in [-0.25, -0.2) is 4.98 Å². The maximum Gasteiger partial charge on any atom is 0.266 e. The maximum atomic E-state index is 13.4. The van der Waals surface area contributed by atoms with Crippen molar-refractivity contribution in [3.63, 3.8) is 0 Å². The number of rotatable bonds is 4. The van der Waals surface area contributed by atoms with Gasteiger partial charge in [-0.1, -0.05) is 59.8 Å². The van der Waals surface area contributed by atoms with Crippen LogP contribution in [0.4, 0.5) is 5.69 Å². The fourth-order valence-electron chi connectivity index (χ4n) is 4.11. The summed E-state index contributed by atoms with van der Waals surface area (Å²) in [7, 11) is 0. The van der Waals surface area contributed by atoms with Crippen LogP contribution in [0.25, 0.3) is 16.6 Å². The minimum Gasteiger partial charge on any atom is -0.311 e. The van der Waals surface area contributed by atoms with Gasteiger partial charge in [0.05, 0.1) is 21.8 Å². The molecule has 6 heteroatoms. The SMILES string of the molecule is Cc1ccc(-n2c(SC(C)C(=O)N3CCc4ccccc43)nc3ccccc3c2=O)cc1. The first-order valence-corrected chi connectivity index (χ1v) is 11.6. The Morgan fingerprint density at radius 3 is 2.53 bits per heavy atom. The molecule has 1 unspecified atom stereocenters. The van der Waals surface area contributed by atoms with Crippen molar-refractivity contribution in [1.82, 2.24) is 9.55 Å². The molecule has 4 aromatic rings. The van der Waals surface area contributed by atoms with E-state index in [4.69, 9.17) is 4.98 Å². The molecule has 0 spiro atoms. The lowest BCUT2D eigenvalue weighted by Gasteiger charge is -2.22. The van der Waals surface area contributed by atoms with Crippen LogP contribution in [0.2, 0.25) is 0 Å². The molecule has 0 fully saturated rings. The third-order valence-electron chi connectivity index (χ3n) is 5.82. The predicted octanol–water partition coefficient (Wildman–Crippen LogP) is 4.76. The molecule has 5 nitrogen and oxygen atoms in total. The van der Waals surface area contributed by atoms with Gasteiger partial charge in [0, 0.05) is 12.2 Å². The first-order valence-electron chi connectivity index (χ1n) is 10.7. The molecular weight excluding hydrogens is 418 g/mol. The molecular formula is C26H23N3O2S. The van der Waals surface area contributed by atoms with E-state index in [0.717, 1.165) is 23.4 Å². The number of anilines is 1. The fourth-order valence-corrected chi connectivity index (χ4v) is 5.10. The van der Waals surface area contributed by atoms with Gasteiger partial charge in [-0.3, -0.25) is 14.2 Å². The zero-order valence-corrected chi connectivity index (χ0v) is 18.8. The van der Waals surface area contributed by atoms with Crippen molar-refractivity contribution >= 4 is 34.3 Å². The molecule has 32 heavy (non-hydrogen) atoms. The molecule has 1 aliphatic heterocycles. The van der Waals surface area contributed by atoms with Gasteiger partial charge in [-0.2, -0.15) is 0 Å². The Morgan fingerprint density at radius 1 is 1.00 bits per heavy atom. The summed E-state index contributed by atoms with van der Waals surface area (Å²) in [6, 6.07) is 23.1. The number of nitrogens with zero attached hydrogens (tertiary/aromatic N) is 3. The van der Waals surface area contributed by atoms with Crippen LogP contribution in [0.1, 0.15) is 18.1 Å². The molecule has 0 saturated heterocycles. The summed E-state index contributed by atoms with van der Waals surface area (Å²) in [4.78, 5) is 33.4. The minimum atomic E-state index is -0.397. The Balaban J connectivity index is 1.55. The number of thioether (sulfide) groups is 1. The standard InChI is InChI=1S/C26H23N3O2S/c1-17-11-13-20(14-12-17)29-25(31)21-8-4-5-9-22(21)27-26(29)32-18(2)24(30)28-16-15-19-7-3-6-10-23(19)28/h3-14,18H,15-16H2,1-2H3. The van der Waals surface area contributed by atoms with Crippen LogP contribution in [-0.4, -0.2) is 27.3 Å². The molecule has 1 aromatic heterocycles. The predicted molar refractivity (Wildman–Crippen MR) is 130 cm³/mol. The van der Waals surface area contributed by atoms with Gasteiger partial charge < -0.3 is 4.90 Å². The number of benzene rings is 3. The summed E-state index contributed by atoms with van der Waals surface area (Å²) < 4.78 is 1.62. The molecule has 5 rings (SSSR count). The third kappa shape index (κ3) is 3.60. The van der Waals surface area contributed by atoms with E-state index in [-0.39, 0.29) is 11.5 Å². The van der Waals surface area contributed by atoms with Gasteiger partial charge in [0.1, 0.15) is 0 Å². The average molecular weight is 442 g/mol. The van der Waals surface area contributed by atoms with Crippen LogP contribution in [0.3, 0.4) is 0 Å². The van der Waals surface area contributed by atoms with E-state index in [9.17, 15) is 9.59 Å². The van der Waals surface area contributed by atoms with Gasteiger partial charge in [0.2, 0.25) is 5.91 Å². The number of amides is 1. The van der Waals surface area contributed by atoms with Crippen LogP contribution in [0.15, 0.2) is 82.7 Å². The van der Waals surface area contributed by atoms with E-state index < -0.39 is 5.25 Å². The van der Waals surface area contributed by atoms with Crippen molar-refractivity contribution in [3.05, 3.63) is 94.3 Å². The highest BCUT2D eigenvalue weighted by atomic mass is 32.2. The summed E-state index contributed by atoms with van der Waals surface area (Å²) in [5.41, 5.74) is 4.53. The van der Waals surface area contributed by atoms with Crippen LogP contribution < -0.4 is 10.5 Å². The summed E-state index contributed by atoms with van der Waals surface area (Å²) in [5.74, 6) is 0.0258. The topological polar surface area (TPSA) is 55.2 Å². The van der Waals surface area contributed by atoms with Crippen LogP contribution >= 0.6 is 11.8 Å². The number of para-hydroxylation sites is 2. The Bertz CT molecular complexity index is 1380. The zero-order valence-electron chi connectivity index (χ0n) is 18.0. The Morgan fingerprint density at radius 2 is 1.72 bits per heavy atom.